The molecule has 0 aromatic heterocycles. The first-order chi connectivity index (χ1) is 15.3. The zero-order chi connectivity index (χ0) is 23.0. The average Bonchev–Trinajstić information content (AvgIpc) is 2.79. The second-order valence-corrected chi connectivity index (χ2v) is 8.60. The molecule has 10 heteroatoms. The van der Waals surface area contributed by atoms with Crippen LogP contribution < -0.4 is 14.9 Å². The molecule has 0 bridgehead atoms. The first-order valence-electron chi connectivity index (χ1n) is 9.28. The van der Waals surface area contributed by atoms with Gasteiger partial charge >= 0.3 is 5.97 Å². The Labute approximate surface area is 189 Å². The van der Waals surface area contributed by atoms with Crippen molar-refractivity contribution in [3.63, 3.8) is 0 Å². The Bertz CT molecular complexity index is 1230. The van der Waals surface area contributed by atoms with Crippen molar-refractivity contribution in [1.29, 1.82) is 0 Å². The monoisotopic (exact) mass is 471 g/mol. The third-order valence-electron chi connectivity index (χ3n) is 4.03. The number of halogens is 1. The predicted molar refractivity (Wildman–Crippen MR) is 120 cm³/mol. The van der Waals surface area contributed by atoms with E-state index in [1.54, 1.807) is 66.7 Å². The van der Waals surface area contributed by atoms with Gasteiger partial charge in [-0.25, -0.2) is 23.4 Å². The van der Waals surface area contributed by atoms with Gasteiger partial charge in [0.2, 0.25) is 10.0 Å². The third-order valence-corrected chi connectivity index (χ3v) is 5.70. The van der Waals surface area contributed by atoms with Crippen LogP contribution in [0.25, 0.3) is 0 Å². The van der Waals surface area contributed by atoms with Gasteiger partial charge in [-0.15, -0.1) is 0 Å². The van der Waals surface area contributed by atoms with Gasteiger partial charge in [-0.1, -0.05) is 41.9 Å². The van der Waals surface area contributed by atoms with Gasteiger partial charge in [0, 0.05) is 5.02 Å². The maximum atomic E-state index is 12.2. The van der Waals surface area contributed by atoms with Crippen molar-refractivity contribution in [2.24, 2.45) is 5.10 Å². The van der Waals surface area contributed by atoms with Gasteiger partial charge in [0.15, 0.2) is 0 Å². The fourth-order valence-corrected chi connectivity index (χ4v) is 3.60. The molecule has 0 fully saturated rings. The minimum Gasteiger partial charge on any atom is -0.423 e. The van der Waals surface area contributed by atoms with Crippen LogP contribution in [0.1, 0.15) is 15.9 Å². The van der Waals surface area contributed by atoms with E-state index in [1.165, 1.54) is 18.3 Å². The zero-order valence-electron chi connectivity index (χ0n) is 16.6. The maximum Gasteiger partial charge on any atom is 0.343 e. The van der Waals surface area contributed by atoms with Gasteiger partial charge < -0.3 is 4.74 Å². The highest BCUT2D eigenvalue weighted by Crippen LogP contribution is 2.16. The Morgan fingerprint density at radius 3 is 2.41 bits per heavy atom. The van der Waals surface area contributed by atoms with Crippen LogP contribution in [0.2, 0.25) is 5.02 Å². The molecule has 0 aliphatic carbocycles. The molecule has 0 saturated heterocycles. The molecule has 0 heterocycles. The van der Waals surface area contributed by atoms with Crippen LogP contribution >= 0.6 is 11.6 Å². The molecule has 1 amide bonds. The molecule has 8 nitrogen and oxygen atoms in total. The molecule has 3 aromatic rings. The van der Waals surface area contributed by atoms with E-state index in [2.05, 4.69) is 15.2 Å². The largest absolute Gasteiger partial charge is 0.423 e. The van der Waals surface area contributed by atoms with E-state index in [0.29, 0.717) is 16.1 Å². The lowest BCUT2D eigenvalue weighted by molar-refractivity contribution is -0.119. The van der Waals surface area contributed by atoms with E-state index in [1.807, 2.05) is 0 Å². The van der Waals surface area contributed by atoms with Crippen LogP contribution in [0.3, 0.4) is 0 Å². The lowest BCUT2D eigenvalue weighted by atomic mass is 10.2. The second-order valence-electron chi connectivity index (χ2n) is 6.40. The van der Waals surface area contributed by atoms with Crippen LogP contribution in [-0.2, 0) is 14.8 Å². The van der Waals surface area contributed by atoms with E-state index >= 15 is 0 Å². The number of sulfonamides is 1. The number of esters is 1. The number of hydrogen-bond donors (Lipinski definition) is 2. The molecule has 0 unspecified atom stereocenters. The van der Waals surface area contributed by atoms with Crippen LogP contribution in [0.4, 0.5) is 0 Å². The molecule has 0 radical (unpaired) electrons. The van der Waals surface area contributed by atoms with Crippen molar-refractivity contribution in [1.82, 2.24) is 10.1 Å². The fraction of sp³-hybridized carbons (Fsp3) is 0.0455. The molecule has 0 aliphatic heterocycles. The standard InChI is InChI=1S/C22H18ClN3O5S/c23-18-11-9-17(10-12-18)22(28)31-19-6-4-5-16(13-19)14-24-26-21(27)15-25-32(29,30)20-7-2-1-3-8-20/h1-14,25H,15H2,(H,26,27)/b24-14+. The number of rotatable bonds is 8. The molecule has 32 heavy (non-hydrogen) atoms. The minimum absolute atomic E-state index is 0.0567. The number of hydrazone groups is 1. The van der Waals surface area contributed by atoms with Crippen molar-refractivity contribution in [3.8, 4) is 5.75 Å². The summed E-state index contributed by atoms with van der Waals surface area (Å²) in [4.78, 5) is 24.1. The zero-order valence-corrected chi connectivity index (χ0v) is 18.1. The molecule has 3 aromatic carbocycles. The van der Waals surface area contributed by atoms with E-state index < -0.39 is 28.4 Å². The summed E-state index contributed by atoms with van der Waals surface area (Å²) in [5.74, 6) is -0.906. The molecule has 0 aliphatic rings. The summed E-state index contributed by atoms with van der Waals surface area (Å²) < 4.78 is 31.7. The van der Waals surface area contributed by atoms with Crippen LogP contribution in [-0.4, -0.2) is 33.1 Å². The van der Waals surface area contributed by atoms with Gasteiger partial charge in [0.1, 0.15) is 5.75 Å². The van der Waals surface area contributed by atoms with E-state index in [4.69, 9.17) is 16.3 Å². The number of carbonyl (C=O) groups excluding carboxylic acids is 2. The van der Waals surface area contributed by atoms with Gasteiger partial charge in [0.25, 0.3) is 5.91 Å². The Morgan fingerprint density at radius 2 is 1.69 bits per heavy atom. The molecular weight excluding hydrogens is 454 g/mol. The summed E-state index contributed by atoms with van der Waals surface area (Å²) in [5.41, 5.74) is 3.13. The van der Waals surface area contributed by atoms with Crippen molar-refractivity contribution in [2.45, 2.75) is 4.90 Å². The number of nitrogens with zero attached hydrogens (tertiary/aromatic N) is 1. The van der Waals surface area contributed by atoms with Crippen LogP contribution in [0, 0.1) is 0 Å². The van der Waals surface area contributed by atoms with E-state index in [9.17, 15) is 18.0 Å². The summed E-state index contributed by atoms with van der Waals surface area (Å²) in [5, 5.41) is 4.30. The number of amides is 1. The lowest BCUT2D eigenvalue weighted by Gasteiger charge is -2.06. The highest BCUT2D eigenvalue weighted by molar-refractivity contribution is 7.89. The van der Waals surface area contributed by atoms with Crippen LogP contribution in [0.5, 0.6) is 5.75 Å². The van der Waals surface area contributed by atoms with Gasteiger partial charge in [-0.05, 0) is 54.1 Å². The van der Waals surface area contributed by atoms with Crippen molar-refractivity contribution < 1.29 is 22.7 Å². The summed E-state index contributed by atoms with van der Waals surface area (Å²) >= 11 is 5.81. The number of nitrogens with one attached hydrogen (secondary N) is 2. The highest BCUT2D eigenvalue weighted by atomic mass is 35.5. The minimum atomic E-state index is -3.79. The summed E-state index contributed by atoms with van der Waals surface area (Å²) in [6.45, 7) is -0.479. The normalized spacial score (nSPS) is 11.3. The number of ether oxygens (including phenoxy) is 1. The summed E-state index contributed by atoms with van der Waals surface area (Å²) in [6.07, 6.45) is 1.34. The summed E-state index contributed by atoms with van der Waals surface area (Å²) in [6, 6.07) is 20.5. The third kappa shape index (κ3) is 6.74. The van der Waals surface area contributed by atoms with Gasteiger partial charge in [-0.3, -0.25) is 4.79 Å². The van der Waals surface area contributed by atoms with Crippen molar-refractivity contribution >= 4 is 39.7 Å². The topological polar surface area (TPSA) is 114 Å². The van der Waals surface area contributed by atoms with Crippen molar-refractivity contribution in [2.75, 3.05) is 6.54 Å². The first kappa shape index (κ1) is 23.1. The maximum absolute atomic E-state index is 12.2. The smallest absolute Gasteiger partial charge is 0.343 e. The number of benzene rings is 3. The fourth-order valence-electron chi connectivity index (χ4n) is 2.47. The Balaban J connectivity index is 1.52. The molecule has 2 N–H and O–H groups in total. The second kappa shape index (κ2) is 10.7. The highest BCUT2D eigenvalue weighted by Gasteiger charge is 2.14. The first-order valence-corrected chi connectivity index (χ1v) is 11.1. The predicted octanol–water partition coefficient (Wildman–Crippen LogP) is 2.99. The number of hydrogen-bond acceptors (Lipinski definition) is 6. The van der Waals surface area contributed by atoms with E-state index in [-0.39, 0.29) is 10.6 Å². The quantitative estimate of drug-likeness (QED) is 0.227. The SMILES string of the molecule is O=C(CNS(=O)(=O)c1ccccc1)N/N=C/c1cccc(OC(=O)c2ccc(Cl)cc2)c1. The van der Waals surface area contributed by atoms with Crippen molar-refractivity contribution in [3.05, 3.63) is 95.0 Å². The lowest BCUT2D eigenvalue weighted by Crippen LogP contribution is -2.34. The molecule has 0 atom stereocenters. The molecule has 0 saturated carbocycles. The van der Waals surface area contributed by atoms with Gasteiger partial charge in [0.05, 0.1) is 23.2 Å². The Hall–Kier alpha value is -3.53. The van der Waals surface area contributed by atoms with Gasteiger partial charge in [-0.2, -0.15) is 5.10 Å². The Kier molecular flexibility index (Phi) is 7.72. The summed E-state index contributed by atoms with van der Waals surface area (Å²) in [7, 11) is -3.79. The Morgan fingerprint density at radius 1 is 0.969 bits per heavy atom. The van der Waals surface area contributed by atoms with E-state index in [0.717, 1.165) is 0 Å². The molecule has 164 valence electrons. The van der Waals surface area contributed by atoms with Crippen LogP contribution in [0.15, 0.2) is 88.9 Å². The average molecular weight is 472 g/mol. The molecular formula is C22H18ClN3O5S. The molecule has 0 spiro atoms. The molecule has 3 rings (SSSR count). The number of carbonyl (C=O) groups is 2.